The van der Waals surface area contributed by atoms with Gasteiger partial charge in [0.15, 0.2) is 0 Å². The minimum atomic E-state index is -1.71. The van der Waals surface area contributed by atoms with Gasteiger partial charge in [0, 0.05) is 31.7 Å². The van der Waals surface area contributed by atoms with Gasteiger partial charge in [0.25, 0.3) is 0 Å². The molecule has 9 atom stereocenters. The maximum atomic E-state index is 14.0. The molecular weight excluding hydrogens is 1110 g/mol. The number of nitrogens with zero attached hydrogens (tertiary/aromatic N) is 1. The molecule has 1 aromatic carbocycles. The molecule has 2 aromatic rings. The van der Waals surface area contributed by atoms with Crippen LogP contribution in [-0.2, 0) is 75.2 Å². The Balaban J connectivity index is 2.17. The Morgan fingerprint density at radius 2 is 1.00 bits per heavy atom. The second-order valence-corrected chi connectivity index (χ2v) is 21.3. The van der Waals surface area contributed by atoms with E-state index in [0.717, 1.165) is 0 Å². The summed E-state index contributed by atoms with van der Waals surface area (Å²) in [6.45, 7) is 9.17. The third-order valence-electron chi connectivity index (χ3n) is 12.6. The number of unbranched alkanes of at least 4 members (excludes halogenated alkanes) is 1. The van der Waals surface area contributed by atoms with Gasteiger partial charge in [-0.1, -0.05) is 71.9 Å². The van der Waals surface area contributed by atoms with Crippen LogP contribution >= 0.6 is 0 Å². The zero-order valence-corrected chi connectivity index (χ0v) is 49.3. The number of hydrogen-bond donors (Lipinski definition) is 17. The molecule has 13 amide bonds. The maximum Gasteiger partial charge on any atom is 0.245 e. The average Bonchev–Trinajstić information content (AvgIpc) is 4.15. The number of rotatable bonds is 38. The summed E-state index contributed by atoms with van der Waals surface area (Å²) in [6, 6.07) is -2.40. The van der Waals surface area contributed by atoms with Crippen molar-refractivity contribution in [1.29, 1.82) is 0 Å². The molecule has 0 bridgehead atoms. The molecule has 0 saturated heterocycles. The summed E-state index contributed by atoms with van der Waals surface area (Å²) in [6.07, 6.45) is 2.21. The summed E-state index contributed by atoms with van der Waals surface area (Å²) in [7, 11) is 0. The molecule has 0 aliphatic rings. The first-order chi connectivity index (χ1) is 40.1. The molecule has 472 valence electrons. The molecule has 2 rings (SSSR count). The number of imidazole rings is 1. The minimum Gasteiger partial charge on any atom is -0.394 e. The van der Waals surface area contributed by atoms with E-state index in [1.807, 2.05) is 13.8 Å². The Bertz CT molecular complexity index is 2570. The topological polar surface area (TPSA) is 487 Å². The van der Waals surface area contributed by atoms with Gasteiger partial charge in [-0.05, 0) is 62.5 Å². The summed E-state index contributed by atoms with van der Waals surface area (Å²) >= 11 is 0. The Morgan fingerprint density at radius 3 is 1.48 bits per heavy atom. The molecule has 0 spiro atoms. The van der Waals surface area contributed by atoms with Gasteiger partial charge in [0.1, 0.15) is 48.3 Å². The highest BCUT2D eigenvalue weighted by Gasteiger charge is 2.36. The number of carbonyl (C=O) groups is 13. The van der Waals surface area contributed by atoms with Crippen LogP contribution in [0, 0.1) is 17.8 Å². The van der Waals surface area contributed by atoms with Crippen LogP contribution in [0.4, 0.5) is 0 Å². The van der Waals surface area contributed by atoms with Crippen molar-refractivity contribution in [2.24, 2.45) is 29.2 Å². The van der Waals surface area contributed by atoms with Gasteiger partial charge in [-0.3, -0.25) is 62.3 Å². The Morgan fingerprint density at radius 1 is 0.529 bits per heavy atom. The van der Waals surface area contributed by atoms with E-state index in [1.165, 1.54) is 26.4 Å². The Kier molecular flexibility index (Phi) is 32.1. The third-order valence-corrected chi connectivity index (χ3v) is 12.6. The molecule has 85 heavy (non-hydrogen) atoms. The largest absolute Gasteiger partial charge is 0.394 e. The van der Waals surface area contributed by atoms with Gasteiger partial charge in [-0.2, -0.15) is 0 Å². The van der Waals surface area contributed by atoms with Crippen molar-refractivity contribution >= 4 is 76.8 Å². The van der Waals surface area contributed by atoms with Crippen molar-refractivity contribution in [3.05, 3.63) is 54.1 Å². The molecule has 0 aliphatic carbocycles. The number of benzene rings is 1. The number of aromatic amines is 1. The molecule has 0 fully saturated rings. The van der Waals surface area contributed by atoms with Crippen LogP contribution in [0.25, 0.3) is 0 Å². The lowest BCUT2D eigenvalue weighted by Crippen LogP contribution is -2.61. The monoisotopic (exact) mass is 1200 g/mol. The molecule has 0 saturated carbocycles. The summed E-state index contributed by atoms with van der Waals surface area (Å²) in [5.41, 5.74) is 11.8. The van der Waals surface area contributed by atoms with Gasteiger partial charge in [0.2, 0.25) is 76.8 Å². The molecule has 31 nitrogen and oxygen atoms in total. The van der Waals surface area contributed by atoms with Crippen molar-refractivity contribution in [2.75, 3.05) is 39.3 Å². The molecule has 0 unspecified atom stereocenters. The molecule has 0 aliphatic heterocycles. The van der Waals surface area contributed by atoms with E-state index in [4.69, 9.17) is 11.5 Å². The zero-order chi connectivity index (χ0) is 63.9. The molecule has 31 heteroatoms. The molecule has 1 heterocycles. The number of aliphatic hydroxyl groups is 2. The highest BCUT2D eigenvalue weighted by atomic mass is 16.3. The number of aromatic nitrogens is 2. The maximum absolute atomic E-state index is 14.0. The zero-order valence-electron chi connectivity index (χ0n) is 49.3. The first-order valence-electron chi connectivity index (χ1n) is 27.8. The number of hydrogen-bond acceptors (Lipinski definition) is 17. The predicted octanol–water partition coefficient (Wildman–Crippen LogP) is -6.10. The van der Waals surface area contributed by atoms with Gasteiger partial charge in [-0.25, -0.2) is 4.98 Å². The number of carbonyl (C=O) groups excluding carboxylic acids is 13. The fourth-order valence-corrected chi connectivity index (χ4v) is 8.17. The smallest absolute Gasteiger partial charge is 0.245 e. The quantitative estimate of drug-likeness (QED) is 0.0278. The number of H-pyrrole nitrogens is 1. The van der Waals surface area contributed by atoms with Gasteiger partial charge >= 0.3 is 0 Å². The van der Waals surface area contributed by atoms with Crippen molar-refractivity contribution in [3.8, 4) is 0 Å². The van der Waals surface area contributed by atoms with Crippen LogP contribution < -0.4 is 75.3 Å². The second-order valence-electron chi connectivity index (χ2n) is 21.3. The number of amides is 13. The average molecular weight is 1200 g/mol. The highest BCUT2D eigenvalue weighted by molar-refractivity contribution is 5.98. The first kappa shape index (κ1) is 72.5. The standard InChI is InChI=1S/C54H86N16O15/c1-28(2)18-36(63-32(8)73)48(79)59-23-41(75)64-39(26-71)50(81)61-24-42(76)68-44(29(3)4)52(83)66-37(19-33-14-10-9-11-15-33)49(80)60-25-43(77)69-46(31(7)72)54(85)70-45(30(5)6)53(84)67-38(20-34-21-57-27-62-34)51(82)65-35(16-12-13-17-55)47(78)58-22-40(56)74/h9-11,14-15,21,27-31,35-39,44-46,71-72H,12-13,16-20,22-26,55H2,1-8H3,(H2,56,74)(H,57,62)(H,58,78)(H,59,79)(H,60,80)(H,61,81)(H,63,73)(H,64,75)(H,65,82)(H,66,83)(H,67,84)(H,68,76)(H,69,77)(H,70,85)/t31-,35+,36+,37+,38+,39+,44+,45+,46+/m1/s1. The SMILES string of the molecule is CC(=O)N[C@@H](CC(C)C)C(=O)NCC(=O)N[C@@H](CO)C(=O)NCC(=O)N[C@H](C(=O)N[C@@H](Cc1ccccc1)C(=O)NCC(=O)N[C@H](C(=O)N[C@H](C(=O)N[C@@H](Cc1cnc[nH]1)C(=O)N[C@@H](CCCCN)C(=O)NCC(N)=O)C(C)C)[C@@H](C)O)C(C)C. The first-order valence-corrected chi connectivity index (χ1v) is 27.8. The lowest BCUT2D eigenvalue weighted by molar-refractivity contribution is -0.136. The summed E-state index contributed by atoms with van der Waals surface area (Å²) < 4.78 is 0. The number of primary amides is 1. The lowest BCUT2D eigenvalue weighted by Gasteiger charge is -2.28. The lowest BCUT2D eigenvalue weighted by atomic mass is 10.0. The molecular formula is C54H86N16O15. The van der Waals surface area contributed by atoms with Crippen LogP contribution in [0.3, 0.4) is 0 Å². The van der Waals surface area contributed by atoms with E-state index >= 15 is 0 Å². The van der Waals surface area contributed by atoms with Crippen LogP contribution in [0.5, 0.6) is 0 Å². The van der Waals surface area contributed by atoms with E-state index in [2.05, 4.69) is 73.8 Å². The van der Waals surface area contributed by atoms with E-state index in [0.29, 0.717) is 30.6 Å². The van der Waals surface area contributed by atoms with Crippen LogP contribution in [-0.4, -0.2) is 191 Å². The highest BCUT2D eigenvalue weighted by Crippen LogP contribution is 2.11. The third kappa shape index (κ3) is 27.6. The van der Waals surface area contributed by atoms with E-state index in [-0.39, 0.29) is 31.6 Å². The Labute approximate surface area is 492 Å². The summed E-state index contributed by atoms with van der Waals surface area (Å²) in [5.74, 6) is -12.1. The fourth-order valence-electron chi connectivity index (χ4n) is 8.17. The van der Waals surface area contributed by atoms with Crippen LogP contribution in [0.15, 0.2) is 42.9 Å². The van der Waals surface area contributed by atoms with Gasteiger partial charge < -0.3 is 90.5 Å². The van der Waals surface area contributed by atoms with Crippen molar-refractivity contribution in [2.45, 2.75) is 148 Å². The summed E-state index contributed by atoms with van der Waals surface area (Å²) in [5, 5.41) is 49.9. The molecule has 19 N–H and O–H groups in total. The van der Waals surface area contributed by atoms with E-state index < -0.39 is 176 Å². The van der Waals surface area contributed by atoms with E-state index in [1.54, 1.807) is 58.0 Å². The number of nitrogens with one attached hydrogen (secondary N) is 13. The Hall–Kier alpha value is -8.58. The van der Waals surface area contributed by atoms with Gasteiger partial charge in [-0.15, -0.1) is 0 Å². The van der Waals surface area contributed by atoms with Crippen molar-refractivity contribution < 1.29 is 72.5 Å². The van der Waals surface area contributed by atoms with E-state index in [9.17, 15) is 72.5 Å². The van der Waals surface area contributed by atoms with Crippen LogP contribution in [0.2, 0.25) is 0 Å². The second kappa shape index (κ2) is 37.6. The molecule has 0 radical (unpaired) electrons. The number of nitrogens with two attached hydrogens (primary N) is 2. The van der Waals surface area contributed by atoms with Crippen LogP contribution in [0.1, 0.15) is 92.3 Å². The fraction of sp³-hybridized carbons (Fsp3) is 0.593. The summed E-state index contributed by atoms with van der Waals surface area (Å²) in [4.78, 5) is 177. The number of aliphatic hydroxyl groups excluding tert-OH is 2. The van der Waals surface area contributed by atoms with Crippen molar-refractivity contribution in [3.63, 3.8) is 0 Å². The van der Waals surface area contributed by atoms with Gasteiger partial charge in [0.05, 0.1) is 45.2 Å². The van der Waals surface area contributed by atoms with Crippen molar-refractivity contribution in [1.82, 2.24) is 73.8 Å². The predicted molar refractivity (Wildman–Crippen MR) is 306 cm³/mol. The minimum absolute atomic E-state index is 0.0216. The normalized spacial score (nSPS) is 14.2. The molecule has 1 aromatic heterocycles.